The van der Waals surface area contributed by atoms with Crippen LogP contribution in [0.25, 0.3) is 0 Å². The van der Waals surface area contributed by atoms with Crippen LogP contribution < -0.4 is 10.1 Å². The lowest BCUT2D eigenvalue weighted by Crippen LogP contribution is -2.40. The van der Waals surface area contributed by atoms with Crippen LogP contribution in [-0.2, 0) is 5.54 Å². The van der Waals surface area contributed by atoms with Crippen molar-refractivity contribution in [3.63, 3.8) is 0 Å². The van der Waals surface area contributed by atoms with Crippen LogP contribution in [0.5, 0.6) is 5.75 Å². The number of nitrogens with zero attached hydrogens (tertiary/aromatic N) is 3. The Hall–Kier alpha value is -2.34. The van der Waals surface area contributed by atoms with Gasteiger partial charge in [-0.2, -0.15) is 5.10 Å². The lowest BCUT2D eigenvalue weighted by Gasteiger charge is -2.35. The molecular formula is C22H32N4O2. The molecule has 6 nitrogen and oxygen atoms in total. The standard InChI is InChI=1S/C22H32N4O2/c1-22(2,3)26-16-18(14-24-26)21(27)23-15-20(25-12-6-5-7-13-25)17-8-10-19(28-4)11-9-17/h8-11,14,16,20H,5-7,12-13,15H2,1-4H3,(H,23,27). The van der Waals surface area contributed by atoms with E-state index in [-0.39, 0.29) is 17.5 Å². The number of carbonyl (C=O) groups is 1. The first kappa shape index (κ1) is 20.4. The molecule has 0 saturated carbocycles. The van der Waals surface area contributed by atoms with Crippen molar-refractivity contribution < 1.29 is 9.53 Å². The Bertz CT molecular complexity index is 771. The van der Waals surface area contributed by atoms with E-state index in [4.69, 9.17) is 4.74 Å². The first-order chi connectivity index (χ1) is 13.4. The fourth-order valence-electron chi connectivity index (χ4n) is 3.61. The summed E-state index contributed by atoms with van der Waals surface area (Å²) in [5, 5.41) is 7.46. The summed E-state index contributed by atoms with van der Waals surface area (Å²) >= 11 is 0. The number of hydrogen-bond acceptors (Lipinski definition) is 4. The molecule has 1 aromatic heterocycles. The first-order valence-electron chi connectivity index (χ1n) is 10.1. The number of carbonyl (C=O) groups excluding carboxylic acids is 1. The number of likely N-dealkylation sites (tertiary alicyclic amines) is 1. The molecule has 1 unspecified atom stereocenters. The highest BCUT2D eigenvalue weighted by atomic mass is 16.5. The zero-order valence-corrected chi connectivity index (χ0v) is 17.4. The average molecular weight is 385 g/mol. The third-order valence-corrected chi connectivity index (χ3v) is 5.32. The van der Waals surface area contributed by atoms with Gasteiger partial charge in [-0.15, -0.1) is 0 Å². The van der Waals surface area contributed by atoms with Gasteiger partial charge in [-0.1, -0.05) is 18.6 Å². The molecule has 1 amide bonds. The predicted molar refractivity (Wildman–Crippen MR) is 111 cm³/mol. The molecule has 1 aromatic carbocycles. The zero-order chi connectivity index (χ0) is 20.1. The summed E-state index contributed by atoms with van der Waals surface area (Å²) in [5.74, 6) is 0.769. The Balaban J connectivity index is 1.71. The van der Waals surface area contributed by atoms with Crippen molar-refractivity contribution in [2.75, 3.05) is 26.7 Å². The molecule has 2 aromatic rings. The van der Waals surface area contributed by atoms with Gasteiger partial charge in [0.25, 0.3) is 5.91 Å². The highest BCUT2D eigenvalue weighted by molar-refractivity contribution is 5.93. The van der Waals surface area contributed by atoms with Gasteiger partial charge in [-0.25, -0.2) is 0 Å². The molecule has 0 aliphatic carbocycles. The minimum atomic E-state index is -0.141. The zero-order valence-electron chi connectivity index (χ0n) is 17.4. The van der Waals surface area contributed by atoms with Gasteiger partial charge in [0.15, 0.2) is 0 Å². The molecule has 152 valence electrons. The van der Waals surface area contributed by atoms with Crippen LogP contribution in [-0.4, -0.2) is 47.3 Å². The lowest BCUT2D eigenvalue weighted by molar-refractivity contribution is 0.0924. The molecule has 1 saturated heterocycles. The monoisotopic (exact) mass is 384 g/mol. The van der Waals surface area contributed by atoms with E-state index in [0.29, 0.717) is 12.1 Å². The van der Waals surface area contributed by atoms with Crippen molar-refractivity contribution >= 4 is 5.91 Å². The van der Waals surface area contributed by atoms with Crippen LogP contribution in [0.3, 0.4) is 0 Å². The number of aromatic nitrogens is 2. The summed E-state index contributed by atoms with van der Waals surface area (Å²) in [7, 11) is 1.68. The van der Waals surface area contributed by atoms with Gasteiger partial charge in [-0.05, 0) is 64.4 Å². The number of amides is 1. The average Bonchev–Trinajstić information content (AvgIpc) is 3.20. The lowest BCUT2D eigenvalue weighted by atomic mass is 10.0. The largest absolute Gasteiger partial charge is 0.497 e. The second kappa shape index (κ2) is 8.78. The van der Waals surface area contributed by atoms with Crippen LogP contribution in [0.1, 0.15) is 62.0 Å². The Morgan fingerprint density at radius 2 is 1.86 bits per heavy atom. The highest BCUT2D eigenvalue weighted by Crippen LogP contribution is 2.26. The maximum absolute atomic E-state index is 12.7. The van der Waals surface area contributed by atoms with Crippen molar-refractivity contribution in [1.29, 1.82) is 0 Å². The summed E-state index contributed by atoms with van der Waals surface area (Å²) < 4.78 is 7.11. The van der Waals surface area contributed by atoms with Crippen LogP contribution in [0.4, 0.5) is 0 Å². The maximum Gasteiger partial charge on any atom is 0.254 e. The summed E-state index contributed by atoms with van der Waals surface area (Å²) in [6.45, 7) is 8.90. The predicted octanol–water partition coefficient (Wildman–Crippen LogP) is 3.60. The van der Waals surface area contributed by atoms with Gasteiger partial charge in [0.1, 0.15) is 5.75 Å². The summed E-state index contributed by atoms with van der Waals surface area (Å²) in [6, 6.07) is 8.33. The maximum atomic E-state index is 12.7. The van der Waals surface area contributed by atoms with Crippen LogP contribution in [0, 0.1) is 0 Å². The van der Waals surface area contributed by atoms with E-state index in [1.165, 1.54) is 24.8 Å². The molecule has 1 fully saturated rings. The molecule has 0 radical (unpaired) electrons. The van der Waals surface area contributed by atoms with Crippen LogP contribution >= 0.6 is 0 Å². The Morgan fingerprint density at radius 3 is 2.43 bits per heavy atom. The highest BCUT2D eigenvalue weighted by Gasteiger charge is 2.24. The molecule has 0 spiro atoms. The second-order valence-electron chi connectivity index (χ2n) is 8.44. The minimum Gasteiger partial charge on any atom is -0.497 e. The van der Waals surface area contributed by atoms with Crippen molar-refractivity contribution in [3.05, 3.63) is 47.8 Å². The van der Waals surface area contributed by atoms with E-state index in [9.17, 15) is 4.79 Å². The molecule has 2 heterocycles. The third-order valence-electron chi connectivity index (χ3n) is 5.32. The van der Waals surface area contributed by atoms with E-state index in [0.717, 1.165) is 18.8 Å². The van der Waals surface area contributed by atoms with Crippen molar-refractivity contribution in [3.8, 4) is 5.75 Å². The van der Waals surface area contributed by atoms with E-state index in [1.807, 2.05) is 23.0 Å². The minimum absolute atomic E-state index is 0.0778. The Morgan fingerprint density at radius 1 is 1.18 bits per heavy atom. The number of nitrogens with one attached hydrogen (secondary N) is 1. The Kier molecular flexibility index (Phi) is 6.39. The number of hydrogen-bond donors (Lipinski definition) is 1. The molecule has 1 atom stereocenters. The topological polar surface area (TPSA) is 59.4 Å². The van der Waals surface area contributed by atoms with Crippen LogP contribution in [0.2, 0.25) is 0 Å². The van der Waals surface area contributed by atoms with E-state index < -0.39 is 0 Å². The smallest absolute Gasteiger partial charge is 0.254 e. The molecule has 0 bridgehead atoms. The van der Waals surface area contributed by atoms with Gasteiger partial charge >= 0.3 is 0 Å². The molecule has 1 N–H and O–H groups in total. The van der Waals surface area contributed by atoms with E-state index >= 15 is 0 Å². The van der Waals surface area contributed by atoms with Crippen molar-refractivity contribution in [2.24, 2.45) is 0 Å². The molecule has 1 aliphatic heterocycles. The van der Waals surface area contributed by atoms with Crippen LogP contribution in [0.15, 0.2) is 36.7 Å². The van der Waals surface area contributed by atoms with Gasteiger partial charge < -0.3 is 10.1 Å². The van der Waals surface area contributed by atoms with Gasteiger partial charge in [0, 0.05) is 12.7 Å². The van der Waals surface area contributed by atoms with E-state index in [2.05, 4.69) is 48.2 Å². The quantitative estimate of drug-likeness (QED) is 0.827. The summed E-state index contributed by atoms with van der Waals surface area (Å²) in [6.07, 6.45) is 7.16. The molecular weight excluding hydrogens is 352 g/mol. The Labute approximate surface area is 167 Å². The second-order valence-corrected chi connectivity index (χ2v) is 8.44. The SMILES string of the molecule is COc1ccc(C(CNC(=O)c2cnn(C(C)(C)C)c2)N2CCCCC2)cc1. The number of piperidine rings is 1. The fourth-order valence-corrected chi connectivity index (χ4v) is 3.61. The molecule has 6 heteroatoms. The van der Waals surface area contributed by atoms with Gasteiger partial charge in [0.05, 0.1) is 30.5 Å². The third kappa shape index (κ3) is 4.93. The summed E-state index contributed by atoms with van der Waals surface area (Å²) in [5.41, 5.74) is 1.66. The number of ether oxygens (including phenoxy) is 1. The molecule has 3 rings (SSSR count). The molecule has 1 aliphatic rings. The van der Waals surface area contributed by atoms with Gasteiger partial charge in [-0.3, -0.25) is 14.4 Å². The van der Waals surface area contributed by atoms with Gasteiger partial charge in [0.2, 0.25) is 0 Å². The fraction of sp³-hybridized carbons (Fsp3) is 0.545. The number of methoxy groups -OCH3 is 1. The first-order valence-corrected chi connectivity index (χ1v) is 10.1. The number of benzene rings is 1. The van der Waals surface area contributed by atoms with Crippen molar-refractivity contribution in [1.82, 2.24) is 20.0 Å². The number of rotatable bonds is 6. The molecule has 28 heavy (non-hydrogen) atoms. The summed E-state index contributed by atoms with van der Waals surface area (Å²) in [4.78, 5) is 15.2. The normalized spacial score (nSPS) is 16.6. The van der Waals surface area contributed by atoms with E-state index in [1.54, 1.807) is 13.3 Å². The van der Waals surface area contributed by atoms with Crippen molar-refractivity contribution in [2.45, 2.75) is 51.6 Å².